The van der Waals surface area contributed by atoms with Crippen LogP contribution in [0.5, 0.6) is 0 Å². The number of amides is 1. The summed E-state index contributed by atoms with van der Waals surface area (Å²) in [4.78, 5) is 11.0. The molecular weight excluding hydrogens is 162 g/mol. The number of nitrogens with one attached hydrogen (secondary N) is 1. The summed E-state index contributed by atoms with van der Waals surface area (Å²) in [6.45, 7) is 5.12. The van der Waals surface area contributed by atoms with E-state index in [9.17, 15) is 4.79 Å². The van der Waals surface area contributed by atoms with Crippen LogP contribution in [0.25, 0.3) is 0 Å². The Kier molecular flexibility index (Phi) is 4.26. The van der Waals surface area contributed by atoms with Gasteiger partial charge in [-0.05, 0) is 24.7 Å². The van der Waals surface area contributed by atoms with Gasteiger partial charge in [-0.1, -0.05) is 26.7 Å². The Hall–Kier alpha value is -0.530. The van der Waals surface area contributed by atoms with Crippen molar-refractivity contribution in [2.24, 2.45) is 11.8 Å². The first-order chi connectivity index (χ1) is 6.22. The quantitative estimate of drug-likeness (QED) is 0.715. The largest absolute Gasteiger partial charge is 0.356 e. The summed E-state index contributed by atoms with van der Waals surface area (Å²) >= 11 is 0. The fourth-order valence-corrected chi connectivity index (χ4v) is 1.92. The summed E-state index contributed by atoms with van der Waals surface area (Å²) in [5.41, 5.74) is 0. The zero-order chi connectivity index (χ0) is 9.68. The van der Waals surface area contributed by atoms with Crippen LogP contribution in [0.15, 0.2) is 0 Å². The van der Waals surface area contributed by atoms with Crippen molar-refractivity contribution in [1.29, 1.82) is 0 Å². The molecule has 2 nitrogen and oxygen atoms in total. The van der Waals surface area contributed by atoms with E-state index >= 15 is 0 Å². The van der Waals surface area contributed by atoms with Crippen LogP contribution in [0.4, 0.5) is 0 Å². The molecule has 0 saturated heterocycles. The maximum absolute atomic E-state index is 11.0. The summed E-state index contributed by atoms with van der Waals surface area (Å²) in [6.07, 6.45) is 5.89. The highest BCUT2D eigenvalue weighted by atomic mass is 16.1. The lowest BCUT2D eigenvalue weighted by Crippen LogP contribution is -2.30. The van der Waals surface area contributed by atoms with Gasteiger partial charge in [-0.15, -0.1) is 0 Å². The van der Waals surface area contributed by atoms with Crippen molar-refractivity contribution in [1.82, 2.24) is 5.32 Å². The second-order valence-corrected chi connectivity index (χ2v) is 4.28. The van der Waals surface area contributed by atoms with Crippen molar-refractivity contribution in [3.63, 3.8) is 0 Å². The van der Waals surface area contributed by atoms with E-state index in [-0.39, 0.29) is 5.91 Å². The monoisotopic (exact) mass is 183 g/mol. The molecule has 1 amide bonds. The van der Waals surface area contributed by atoms with Gasteiger partial charge in [0.1, 0.15) is 0 Å². The van der Waals surface area contributed by atoms with Gasteiger partial charge in [0.2, 0.25) is 5.91 Å². The Bertz CT molecular complexity index is 159. The minimum atomic E-state index is 0.193. The van der Waals surface area contributed by atoms with Gasteiger partial charge in [0.05, 0.1) is 0 Å². The van der Waals surface area contributed by atoms with E-state index in [0.29, 0.717) is 6.42 Å². The third-order valence-corrected chi connectivity index (χ3v) is 3.04. The Morgan fingerprint density at radius 2 is 1.92 bits per heavy atom. The summed E-state index contributed by atoms with van der Waals surface area (Å²) in [6, 6.07) is 0. The van der Waals surface area contributed by atoms with Crippen LogP contribution >= 0.6 is 0 Å². The lowest BCUT2D eigenvalue weighted by atomic mass is 9.83. The molecule has 0 aliphatic heterocycles. The molecule has 0 aromatic heterocycles. The SMILES string of the molecule is CCC(=O)NC[C@H]1CC[C@H](C)CC1. The molecule has 0 unspecified atom stereocenters. The Labute approximate surface area is 81.1 Å². The van der Waals surface area contributed by atoms with E-state index < -0.39 is 0 Å². The lowest BCUT2D eigenvalue weighted by molar-refractivity contribution is -0.121. The molecule has 0 aromatic carbocycles. The predicted octanol–water partition coefficient (Wildman–Crippen LogP) is 2.34. The van der Waals surface area contributed by atoms with Crippen LogP contribution in [0.2, 0.25) is 0 Å². The van der Waals surface area contributed by atoms with Gasteiger partial charge < -0.3 is 5.32 Å². The average Bonchev–Trinajstić information content (AvgIpc) is 2.16. The van der Waals surface area contributed by atoms with E-state index in [1.165, 1.54) is 25.7 Å². The number of hydrogen-bond acceptors (Lipinski definition) is 1. The highest BCUT2D eigenvalue weighted by Gasteiger charge is 2.18. The fraction of sp³-hybridized carbons (Fsp3) is 0.909. The van der Waals surface area contributed by atoms with Crippen LogP contribution in [-0.4, -0.2) is 12.5 Å². The minimum Gasteiger partial charge on any atom is -0.356 e. The van der Waals surface area contributed by atoms with Gasteiger partial charge in [-0.3, -0.25) is 4.79 Å². The maximum Gasteiger partial charge on any atom is 0.219 e. The molecule has 0 heterocycles. The number of carbonyl (C=O) groups is 1. The van der Waals surface area contributed by atoms with Crippen molar-refractivity contribution >= 4 is 5.91 Å². The topological polar surface area (TPSA) is 29.1 Å². The van der Waals surface area contributed by atoms with E-state index in [2.05, 4.69) is 12.2 Å². The zero-order valence-corrected chi connectivity index (χ0v) is 8.81. The summed E-state index contributed by atoms with van der Waals surface area (Å²) < 4.78 is 0. The fourth-order valence-electron chi connectivity index (χ4n) is 1.92. The first-order valence-corrected chi connectivity index (χ1v) is 5.49. The molecule has 0 radical (unpaired) electrons. The minimum absolute atomic E-state index is 0.193. The highest BCUT2D eigenvalue weighted by Crippen LogP contribution is 2.27. The first kappa shape index (κ1) is 10.6. The van der Waals surface area contributed by atoms with Gasteiger partial charge in [-0.25, -0.2) is 0 Å². The Balaban J connectivity index is 2.12. The first-order valence-electron chi connectivity index (χ1n) is 5.49. The molecular formula is C11H21NO. The van der Waals surface area contributed by atoms with Crippen LogP contribution in [0.3, 0.4) is 0 Å². The highest BCUT2D eigenvalue weighted by molar-refractivity contribution is 5.75. The standard InChI is InChI=1S/C11H21NO/c1-3-11(13)12-8-10-6-4-9(2)5-7-10/h9-10H,3-8H2,1-2H3,(H,12,13)/t9-,10-. The molecule has 1 aliphatic rings. The van der Waals surface area contributed by atoms with Crippen LogP contribution in [-0.2, 0) is 4.79 Å². The number of hydrogen-bond donors (Lipinski definition) is 1. The van der Waals surface area contributed by atoms with E-state index in [4.69, 9.17) is 0 Å². The van der Waals surface area contributed by atoms with E-state index in [0.717, 1.165) is 18.4 Å². The smallest absolute Gasteiger partial charge is 0.219 e. The summed E-state index contributed by atoms with van der Waals surface area (Å²) in [5, 5.41) is 2.98. The van der Waals surface area contributed by atoms with Gasteiger partial charge in [-0.2, -0.15) is 0 Å². The van der Waals surface area contributed by atoms with Crippen molar-refractivity contribution in [3.05, 3.63) is 0 Å². The Morgan fingerprint density at radius 3 is 2.46 bits per heavy atom. The number of carbonyl (C=O) groups excluding carboxylic acids is 1. The van der Waals surface area contributed by atoms with Crippen molar-refractivity contribution < 1.29 is 4.79 Å². The maximum atomic E-state index is 11.0. The van der Waals surface area contributed by atoms with Crippen LogP contribution < -0.4 is 5.32 Å². The Morgan fingerprint density at radius 1 is 1.31 bits per heavy atom. The molecule has 0 spiro atoms. The zero-order valence-electron chi connectivity index (χ0n) is 8.81. The third kappa shape index (κ3) is 3.79. The van der Waals surface area contributed by atoms with Crippen LogP contribution in [0, 0.1) is 11.8 Å². The molecule has 1 rings (SSSR count). The van der Waals surface area contributed by atoms with Crippen molar-refractivity contribution in [3.8, 4) is 0 Å². The van der Waals surface area contributed by atoms with E-state index in [1.807, 2.05) is 6.92 Å². The molecule has 0 atom stereocenters. The van der Waals surface area contributed by atoms with Crippen molar-refractivity contribution in [2.75, 3.05) is 6.54 Å². The molecule has 1 fully saturated rings. The second-order valence-electron chi connectivity index (χ2n) is 4.28. The predicted molar refractivity (Wildman–Crippen MR) is 54.4 cm³/mol. The lowest BCUT2D eigenvalue weighted by Gasteiger charge is -2.26. The molecule has 0 bridgehead atoms. The average molecular weight is 183 g/mol. The molecule has 13 heavy (non-hydrogen) atoms. The van der Waals surface area contributed by atoms with E-state index in [1.54, 1.807) is 0 Å². The van der Waals surface area contributed by atoms with Gasteiger partial charge >= 0.3 is 0 Å². The molecule has 0 aromatic rings. The second kappa shape index (κ2) is 5.25. The van der Waals surface area contributed by atoms with Crippen LogP contribution in [0.1, 0.15) is 46.0 Å². The van der Waals surface area contributed by atoms with Gasteiger partial charge in [0.15, 0.2) is 0 Å². The molecule has 2 heteroatoms. The normalized spacial score (nSPS) is 28.5. The molecule has 1 aliphatic carbocycles. The molecule has 1 saturated carbocycles. The third-order valence-electron chi connectivity index (χ3n) is 3.04. The molecule has 76 valence electrons. The number of rotatable bonds is 3. The summed E-state index contributed by atoms with van der Waals surface area (Å²) in [7, 11) is 0. The molecule has 1 N–H and O–H groups in total. The van der Waals surface area contributed by atoms with Crippen molar-refractivity contribution in [2.45, 2.75) is 46.0 Å². The van der Waals surface area contributed by atoms with Gasteiger partial charge in [0.25, 0.3) is 0 Å². The van der Waals surface area contributed by atoms with Gasteiger partial charge in [0, 0.05) is 13.0 Å². The summed E-state index contributed by atoms with van der Waals surface area (Å²) in [5.74, 6) is 1.84.